The molecule has 0 spiro atoms. The first-order valence-corrected chi connectivity index (χ1v) is 17.6. The quantitative estimate of drug-likeness (QED) is 0.0723. The number of nitrogens with two attached hydrogens (primary N) is 1. The van der Waals surface area contributed by atoms with Crippen LogP contribution in [0.2, 0.25) is 0 Å². The smallest absolute Gasteiger partial charge is 0.417 e. The molecule has 1 fully saturated rings. The lowest BCUT2D eigenvalue weighted by atomic mass is 9.94. The number of amides is 4. The van der Waals surface area contributed by atoms with Gasteiger partial charge in [-0.15, -0.1) is 0 Å². The third-order valence-corrected chi connectivity index (χ3v) is 8.53. The summed E-state index contributed by atoms with van der Waals surface area (Å²) in [6, 6.07) is 14.7. The maximum atomic E-state index is 14.4. The van der Waals surface area contributed by atoms with E-state index < -0.39 is 79.1 Å². The van der Waals surface area contributed by atoms with Crippen LogP contribution in [0.1, 0.15) is 57.1 Å². The molecule has 0 radical (unpaired) electrons. The first kappa shape index (κ1) is 42.8. The number of imide groups is 1. The maximum Gasteiger partial charge on any atom is 0.417 e. The molecule has 0 aromatic heterocycles. The number of methoxy groups -OCH3 is 1. The second-order valence-electron chi connectivity index (χ2n) is 13.2. The van der Waals surface area contributed by atoms with E-state index in [1.165, 1.54) is 0 Å². The number of hydrogen-bond donors (Lipinski definition) is 6. The summed E-state index contributed by atoms with van der Waals surface area (Å²) in [6.07, 6.45) is -8.95. The molecule has 1 saturated heterocycles. The van der Waals surface area contributed by atoms with Crippen LogP contribution < -0.4 is 16.4 Å². The normalized spacial score (nSPS) is 20.0. The molecule has 3 rings (SSSR count). The van der Waals surface area contributed by atoms with Gasteiger partial charge in [-0.1, -0.05) is 74.5 Å². The lowest BCUT2D eigenvalue weighted by Crippen LogP contribution is -2.60. The highest BCUT2D eigenvalue weighted by molar-refractivity contribution is 6.01. The molecule has 0 unspecified atom stereocenters. The van der Waals surface area contributed by atoms with Crippen molar-refractivity contribution in [1.82, 2.24) is 15.5 Å². The third kappa shape index (κ3) is 13.4. The van der Waals surface area contributed by atoms with E-state index in [1.807, 2.05) is 6.07 Å². The molecule has 2 aromatic rings. The van der Waals surface area contributed by atoms with Crippen molar-refractivity contribution in [1.29, 1.82) is 0 Å². The van der Waals surface area contributed by atoms with Crippen molar-refractivity contribution in [3.05, 3.63) is 71.8 Å². The number of carbonyl (C=O) groups is 5. The number of nitrogens with one attached hydrogen (secondary N) is 2. The zero-order valence-corrected chi connectivity index (χ0v) is 30.3. The van der Waals surface area contributed by atoms with Crippen molar-refractivity contribution in [2.45, 2.75) is 102 Å². The number of rotatable bonds is 18. The Bertz CT molecular complexity index is 1460. The zero-order chi connectivity index (χ0) is 38.9. The van der Waals surface area contributed by atoms with Gasteiger partial charge in [-0.2, -0.15) is 0 Å². The average Bonchev–Trinajstić information content (AvgIpc) is 3.15. The number of carbonyl (C=O) groups excluding carboxylic acids is 5. The van der Waals surface area contributed by atoms with Crippen molar-refractivity contribution >= 4 is 30.0 Å². The van der Waals surface area contributed by atoms with Gasteiger partial charge in [0, 0.05) is 13.0 Å². The van der Waals surface area contributed by atoms with Crippen LogP contribution in [-0.4, -0.2) is 113 Å². The summed E-state index contributed by atoms with van der Waals surface area (Å²) in [5.41, 5.74) is 7.01. The molecule has 16 nitrogen and oxygen atoms in total. The summed E-state index contributed by atoms with van der Waals surface area (Å²) in [4.78, 5) is 67.9. The zero-order valence-electron chi connectivity index (χ0n) is 30.3. The number of unbranched alkanes of at least 4 members (excludes halogenated alkanes) is 1. The van der Waals surface area contributed by atoms with E-state index in [9.17, 15) is 39.3 Å². The Kier molecular flexibility index (Phi) is 17.6. The number of ether oxygens (including phenoxy) is 4. The van der Waals surface area contributed by atoms with Gasteiger partial charge in [0.25, 0.3) is 5.91 Å². The van der Waals surface area contributed by atoms with Crippen molar-refractivity contribution in [3.63, 3.8) is 0 Å². The molecule has 0 aliphatic carbocycles. The minimum absolute atomic E-state index is 0.0479. The fourth-order valence-corrected chi connectivity index (χ4v) is 5.71. The van der Waals surface area contributed by atoms with Crippen LogP contribution in [-0.2, 0) is 46.5 Å². The molecule has 4 amide bonds. The Hall–Kier alpha value is -4.61. The summed E-state index contributed by atoms with van der Waals surface area (Å²) in [6.45, 7) is 2.96. The van der Waals surface area contributed by atoms with Gasteiger partial charge in [0.15, 0.2) is 6.10 Å². The predicted molar refractivity (Wildman–Crippen MR) is 189 cm³/mol. The molecule has 0 bridgehead atoms. The largest absolute Gasteiger partial charge is 0.467 e. The minimum atomic E-state index is -1.64. The van der Waals surface area contributed by atoms with Crippen LogP contribution in [0.3, 0.4) is 0 Å². The lowest BCUT2D eigenvalue weighted by Gasteiger charge is -2.38. The summed E-state index contributed by atoms with van der Waals surface area (Å²) < 4.78 is 21.1. The van der Waals surface area contributed by atoms with Gasteiger partial charge in [0.05, 0.1) is 13.2 Å². The molecule has 7 N–H and O–H groups in total. The molecule has 0 saturated carbocycles. The standard InChI is InChI=1S/C37H52N4O12/c1-23(2)18-27(33(45)39-20-29(43)32-31(44)28(42)19-30(53-32)35(47)50-3)41(37(49)52-22-25-14-8-5-9-15-25)34(46)26(16-10-11-17-38)40-36(48)51-21-24-12-6-4-7-13-24/h4-9,12-15,23,26-32,42-44H,10-11,16-22,38H2,1-3H3,(H,39,45)(H,40,48)/t26-,27-,28+,29+,30-,31+,32+/m0/s1. The Morgan fingerprint density at radius 3 is 2.11 bits per heavy atom. The van der Waals surface area contributed by atoms with Gasteiger partial charge in [0.1, 0.15) is 43.6 Å². The van der Waals surface area contributed by atoms with Crippen LogP contribution in [0.4, 0.5) is 9.59 Å². The SMILES string of the molecule is COC(=O)[C@@H]1C[C@@H](O)[C@@H](O)[C@@H]([C@H](O)CNC(=O)[C@H](CC(C)C)N(C(=O)OCc2ccccc2)C(=O)[C@H](CCCCN)NC(=O)OCc2ccccc2)O1. The molecule has 2 aromatic carbocycles. The van der Waals surface area contributed by atoms with Gasteiger partial charge in [0.2, 0.25) is 5.91 Å². The Morgan fingerprint density at radius 2 is 1.55 bits per heavy atom. The Balaban J connectivity index is 1.88. The molecule has 292 valence electrons. The van der Waals surface area contributed by atoms with Crippen LogP contribution in [0.15, 0.2) is 60.7 Å². The molecular formula is C37H52N4O12. The molecule has 7 atom stereocenters. The van der Waals surface area contributed by atoms with Gasteiger partial charge in [-0.25, -0.2) is 19.3 Å². The molecule has 1 aliphatic heterocycles. The van der Waals surface area contributed by atoms with Gasteiger partial charge in [-0.3, -0.25) is 9.59 Å². The highest BCUT2D eigenvalue weighted by Gasteiger charge is 2.44. The topological polar surface area (TPSA) is 236 Å². The molecular weight excluding hydrogens is 692 g/mol. The molecule has 1 heterocycles. The second-order valence-corrected chi connectivity index (χ2v) is 13.2. The van der Waals surface area contributed by atoms with E-state index in [-0.39, 0.29) is 38.4 Å². The summed E-state index contributed by atoms with van der Waals surface area (Å²) in [5, 5.41) is 36.8. The fraction of sp³-hybridized carbons (Fsp3) is 0.541. The number of esters is 1. The lowest BCUT2D eigenvalue weighted by molar-refractivity contribution is -0.210. The molecule has 16 heteroatoms. The van der Waals surface area contributed by atoms with Crippen molar-refractivity contribution < 1.29 is 58.2 Å². The predicted octanol–water partition coefficient (Wildman–Crippen LogP) is 1.52. The van der Waals surface area contributed by atoms with E-state index in [0.717, 1.165) is 7.11 Å². The Morgan fingerprint density at radius 1 is 0.943 bits per heavy atom. The average molecular weight is 745 g/mol. The highest BCUT2D eigenvalue weighted by Crippen LogP contribution is 2.24. The summed E-state index contributed by atoms with van der Waals surface area (Å²) in [7, 11) is 1.12. The van der Waals surface area contributed by atoms with Gasteiger partial charge < -0.3 is 50.6 Å². The van der Waals surface area contributed by atoms with Crippen molar-refractivity contribution in [2.75, 3.05) is 20.2 Å². The van der Waals surface area contributed by atoms with Gasteiger partial charge in [-0.05, 0) is 49.3 Å². The minimum Gasteiger partial charge on any atom is -0.467 e. The van der Waals surface area contributed by atoms with Crippen LogP contribution >= 0.6 is 0 Å². The molecule has 1 aliphatic rings. The van der Waals surface area contributed by atoms with E-state index in [4.69, 9.17) is 19.9 Å². The van der Waals surface area contributed by atoms with Gasteiger partial charge >= 0.3 is 18.2 Å². The third-order valence-electron chi connectivity index (χ3n) is 8.53. The Labute approximate surface area is 308 Å². The first-order valence-electron chi connectivity index (χ1n) is 17.6. The number of alkyl carbamates (subject to hydrolysis) is 1. The second kappa shape index (κ2) is 21.8. The number of nitrogens with zero attached hydrogens (tertiary/aromatic N) is 1. The monoisotopic (exact) mass is 744 g/mol. The number of aliphatic hydroxyl groups is 3. The van der Waals surface area contributed by atoms with E-state index in [2.05, 4.69) is 15.4 Å². The van der Waals surface area contributed by atoms with Crippen molar-refractivity contribution in [2.24, 2.45) is 11.7 Å². The van der Waals surface area contributed by atoms with E-state index in [0.29, 0.717) is 35.4 Å². The first-order chi connectivity index (χ1) is 25.4. The van der Waals surface area contributed by atoms with E-state index >= 15 is 0 Å². The van der Waals surface area contributed by atoms with Crippen molar-refractivity contribution in [3.8, 4) is 0 Å². The van der Waals surface area contributed by atoms with Crippen LogP contribution in [0, 0.1) is 5.92 Å². The van der Waals surface area contributed by atoms with Crippen LogP contribution in [0.25, 0.3) is 0 Å². The number of aliphatic hydroxyl groups excluding tert-OH is 3. The summed E-state index contributed by atoms with van der Waals surface area (Å²) >= 11 is 0. The molecule has 53 heavy (non-hydrogen) atoms. The maximum absolute atomic E-state index is 14.4. The fourth-order valence-electron chi connectivity index (χ4n) is 5.71. The van der Waals surface area contributed by atoms with Crippen LogP contribution in [0.5, 0.6) is 0 Å². The number of benzene rings is 2. The number of hydrogen-bond acceptors (Lipinski definition) is 13. The highest BCUT2D eigenvalue weighted by atomic mass is 16.6. The van der Waals surface area contributed by atoms with E-state index in [1.54, 1.807) is 68.4 Å². The summed E-state index contributed by atoms with van der Waals surface area (Å²) in [5.74, 6) is -2.89.